The summed E-state index contributed by atoms with van der Waals surface area (Å²) in [4.78, 5) is 5.16. The second kappa shape index (κ2) is 8.79. The first-order valence-electron chi connectivity index (χ1n) is 12.5. The highest BCUT2D eigenvalue weighted by Gasteiger charge is 2.46. The van der Waals surface area contributed by atoms with E-state index in [0.29, 0.717) is 24.6 Å². The van der Waals surface area contributed by atoms with Crippen LogP contribution in [0.2, 0.25) is 0 Å². The van der Waals surface area contributed by atoms with E-state index in [1.165, 1.54) is 41.1 Å². The van der Waals surface area contributed by atoms with Gasteiger partial charge in [0, 0.05) is 18.7 Å². The molecule has 4 nitrogen and oxygen atoms in total. The Labute approximate surface area is 192 Å². The fourth-order valence-corrected chi connectivity index (χ4v) is 6.50. The van der Waals surface area contributed by atoms with Gasteiger partial charge >= 0.3 is 0 Å². The van der Waals surface area contributed by atoms with E-state index in [9.17, 15) is 10.4 Å². The van der Waals surface area contributed by atoms with Gasteiger partial charge in [-0.25, -0.2) is 0 Å². The minimum atomic E-state index is 0.305. The molecule has 4 heteroatoms. The molecule has 3 aliphatic heterocycles. The van der Waals surface area contributed by atoms with Crippen LogP contribution in [0.4, 0.5) is 5.69 Å². The lowest BCUT2D eigenvalue weighted by atomic mass is 9.88. The Morgan fingerprint density at radius 2 is 1.84 bits per heavy atom. The van der Waals surface area contributed by atoms with Crippen molar-refractivity contribution in [2.75, 3.05) is 11.5 Å². The third kappa shape index (κ3) is 3.39. The van der Waals surface area contributed by atoms with Gasteiger partial charge in [0.2, 0.25) is 0 Å². The van der Waals surface area contributed by atoms with Crippen molar-refractivity contribution in [1.82, 2.24) is 4.90 Å². The molecule has 3 atom stereocenters. The molecule has 4 aliphatic rings. The number of nitrogens with zero attached hydrogens (tertiary/aromatic N) is 3. The Morgan fingerprint density at radius 3 is 2.50 bits per heavy atom. The SMILES string of the molecule is CCC/C=C1\C(C#N)=C2CCCC2=C(N2C3CC[C@H]2CC(CO)C3)N1c1ccccc1C. The summed E-state index contributed by atoms with van der Waals surface area (Å²) in [6.07, 6.45) is 12.1. The number of allylic oxidation sites excluding steroid dienone is 4. The summed E-state index contributed by atoms with van der Waals surface area (Å²) in [6.45, 7) is 4.69. The van der Waals surface area contributed by atoms with Crippen LogP contribution in [0.5, 0.6) is 0 Å². The molecule has 32 heavy (non-hydrogen) atoms. The summed E-state index contributed by atoms with van der Waals surface area (Å²) in [5.74, 6) is 1.77. The molecule has 3 heterocycles. The third-order valence-corrected chi connectivity index (χ3v) is 7.93. The molecule has 168 valence electrons. The summed E-state index contributed by atoms with van der Waals surface area (Å²) in [5.41, 5.74) is 7.10. The van der Waals surface area contributed by atoms with Crippen molar-refractivity contribution in [1.29, 1.82) is 5.26 Å². The second-order valence-corrected chi connectivity index (χ2v) is 9.93. The molecular weight excluding hydrogens is 394 g/mol. The average molecular weight is 430 g/mol. The summed E-state index contributed by atoms with van der Waals surface area (Å²) in [6, 6.07) is 12.2. The number of aliphatic hydroxyl groups is 1. The number of unbranched alkanes of at least 4 members (excludes halogenated alkanes) is 1. The number of fused-ring (bicyclic) bond motifs is 3. The minimum Gasteiger partial charge on any atom is -0.396 e. The molecule has 0 spiro atoms. The van der Waals surface area contributed by atoms with Crippen molar-refractivity contribution in [2.45, 2.75) is 83.7 Å². The van der Waals surface area contributed by atoms with Gasteiger partial charge in [-0.05, 0) is 87.0 Å². The van der Waals surface area contributed by atoms with Gasteiger partial charge in [0.15, 0.2) is 0 Å². The molecule has 3 fully saturated rings. The number of hydrogen-bond donors (Lipinski definition) is 1. The predicted octanol–water partition coefficient (Wildman–Crippen LogP) is 5.95. The Kier molecular flexibility index (Phi) is 5.86. The Balaban J connectivity index is 1.72. The van der Waals surface area contributed by atoms with Crippen LogP contribution in [-0.2, 0) is 0 Å². The lowest BCUT2D eigenvalue weighted by Gasteiger charge is -2.48. The number of aliphatic hydroxyl groups excluding tert-OH is 1. The summed E-state index contributed by atoms with van der Waals surface area (Å²) >= 11 is 0. The maximum Gasteiger partial charge on any atom is 0.117 e. The van der Waals surface area contributed by atoms with Gasteiger partial charge in [-0.2, -0.15) is 5.26 Å². The molecule has 5 rings (SSSR count). The number of nitriles is 1. The fraction of sp³-hybridized carbons (Fsp3) is 0.536. The van der Waals surface area contributed by atoms with Crippen LogP contribution in [0.15, 0.2) is 58.6 Å². The van der Waals surface area contributed by atoms with Crippen LogP contribution in [0.1, 0.15) is 70.3 Å². The highest BCUT2D eigenvalue weighted by atomic mass is 16.3. The first kappa shape index (κ1) is 21.3. The number of anilines is 1. The van der Waals surface area contributed by atoms with Crippen LogP contribution in [0, 0.1) is 24.2 Å². The van der Waals surface area contributed by atoms with Crippen molar-refractivity contribution in [2.24, 2.45) is 5.92 Å². The summed E-state index contributed by atoms with van der Waals surface area (Å²) in [5, 5.41) is 20.2. The number of para-hydroxylation sites is 1. The molecular formula is C28H35N3O. The quantitative estimate of drug-likeness (QED) is 0.628. The lowest BCUT2D eigenvalue weighted by Crippen LogP contribution is -2.49. The van der Waals surface area contributed by atoms with Crippen molar-refractivity contribution in [3.05, 3.63) is 64.1 Å². The molecule has 2 unspecified atom stereocenters. The van der Waals surface area contributed by atoms with Gasteiger partial charge in [-0.1, -0.05) is 37.6 Å². The van der Waals surface area contributed by atoms with E-state index in [1.807, 2.05) is 0 Å². The van der Waals surface area contributed by atoms with Crippen molar-refractivity contribution < 1.29 is 5.11 Å². The van der Waals surface area contributed by atoms with Crippen molar-refractivity contribution in [3.8, 4) is 6.07 Å². The first-order valence-corrected chi connectivity index (χ1v) is 12.5. The van der Waals surface area contributed by atoms with Gasteiger partial charge in [0.05, 0.1) is 17.0 Å². The highest BCUT2D eigenvalue weighted by molar-refractivity contribution is 5.74. The number of hydrogen-bond acceptors (Lipinski definition) is 4. The van der Waals surface area contributed by atoms with Gasteiger partial charge in [-0.3, -0.25) is 4.90 Å². The molecule has 1 aromatic carbocycles. The van der Waals surface area contributed by atoms with E-state index < -0.39 is 0 Å². The number of rotatable bonds is 5. The van der Waals surface area contributed by atoms with Crippen molar-refractivity contribution >= 4 is 5.69 Å². The number of aryl methyl sites for hydroxylation is 1. The van der Waals surface area contributed by atoms with Crippen LogP contribution in [0.3, 0.4) is 0 Å². The molecule has 1 aromatic rings. The van der Waals surface area contributed by atoms with Gasteiger partial charge in [0.1, 0.15) is 11.9 Å². The summed E-state index contributed by atoms with van der Waals surface area (Å²) < 4.78 is 0. The molecule has 2 saturated heterocycles. The van der Waals surface area contributed by atoms with Crippen LogP contribution in [0.25, 0.3) is 0 Å². The van der Waals surface area contributed by atoms with Crippen LogP contribution >= 0.6 is 0 Å². The molecule has 2 bridgehead atoms. The van der Waals surface area contributed by atoms with E-state index in [-0.39, 0.29) is 0 Å². The van der Waals surface area contributed by atoms with E-state index in [1.54, 1.807) is 0 Å². The molecule has 1 N–H and O–H groups in total. The topological polar surface area (TPSA) is 50.5 Å². The molecule has 0 radical (unpaired) electrons. The highest BCUT2D eigenvalue weighted by Crippen LogP contribution is 2.51. The van der Waals surface area contributed by atoms with Gasteiger partial charge in [0.25, 0.3) is 0 Å². The van der Waals surface area contributed by atoms with Gasteiger partial charge in [-0.15, -0.1) is 0 Å². The first-order chi connectivity index (χ1) is 15.7. The van der Waals surface area contributed by atoms with Crippen molar-refractivity contribution in [3.63, 3.8) is 0 Å². The van der Waals surface area contributed by atoms with E-state index in [0.717, 1.165) is 56.2 Å². The van der Waals surface area contributed by atoms with Gasteiger partial charge < -0.3 is 10.0 Å². The smallest absolute Gasteiger partial charge is 0.117 e. The molecule has 1 saturated carbocycles. The molecule has 0 aromatic heterocycles. The zero-order valence-corrected chi connectivity index (χ0v) is 19.5. The van der Waals surface area contributed by atoms with Crippen LogP contribution in [-0.4, -0.2) is 28.7 Å². The zero-order chi connectivity index (χ0) is 22.2. The van der Waals surface area contributed by atoms with Crippen LogP contribution < -0.4 is 4.90 Å². The number of benzene rings is 1. The summed E-state index contributed by atoms with van der Waals surface area (Å²) in [7, 11) is 0. The maximum absolute atomic E-state index is 10.3. The minimum absolute atomic E-state index is 0.305. The predicted molar refractivity (Wildman–Crippen MR) is 129 cm³/mol. The third-order valence-electron chi connectivity index (χ3n) is 7.93. The Bertz CT molecular complexity index is 1010. The zero-order valence-electron chi connectivity index (χ0n) is 19.5. The average Bonchev–Trinajstić information content (AvgIpc) is 3.38. The molecule has 0 amide bonds. The fourth-order valence-electron chi connectivity index (χ4n) is 6.50. The maximum atomic E-state index is 10.3. The monoisotopic (exact) mass is 429 g/mol. The second-order valence-electron chi connectivity index (χ2n) is 9.93. The number of piperidine rings is 1. The standard InChI is InChI=1S/C28H35N3O/c1-3-4-11-27-25(17-29)23-9-7-10-24(23)28(31(27)26-12-6-5-8-19(26)2)30-21-13-14-22(30)16-20(15-21)18-32/h5-6,8,11-12,20-22,32H,3-4,7,9-10,13-16,18H2,1-2H3/b27-11+/t20?,21-,22?/m0/s1. The molecule has 1 aliphatic carbocycles. The van der Waals surface area contributed by atoms with E-state index in [2.05, 4.69) is 60.1 Å². The van der Waals surface area contributed by atoms with E-state index >= 15 is 0 Å². The Hall–Kier alpha value is -2.51. The largest absolute Gasteiger partial charge is 0.396 e. The normalized spacial score (nSPS) is 28.6. The lowest BCUT2D eigenvalue weighted by molar-refractivity contribution is 0.0970. The Morgan fingerprint density at radius 1 is 1.12 bits per heavy atom. The van der Waals surface area contributed by atoms with E-state index in [4.69, 9.17) is 0 Å².